The topological polar surface area (TPSA) is 37.8 Å². The molecule has 0 unspecified atom stereocenters. The van der Waals surface area contributed by atoms with E-state index in [0.29, 0.717) is 11.6 Å². The standard InChI is InChI=1S/C12H9BrF3N3/c13-9-6-17-11(18-7-9)19-10-3-1-2-8(4-10)5-12(14,15)16/h1-4,6-7H,5H2,(H,17,18,19). The summed E-state index contributed by atoms with van der Waals surface area (Å²) in [5, 5.41) is 2.85. The number of halogens is 4. The first-order valence-corrected chi connectivity index (χ1v) is 6.12. The Balaban J connectivity index is 2.13. The summed E-state index contributed by atoms with van der Waals surface area (Å²) in [4.78, 5) is 7.97. The van der Waals surface area contributed by atoms with Gasteiger partial charge < -0.3 is 5.32 Å². The zero-order valence-electron chi connectivity index (χ0n) is 9.58. The lowest BCUT2D eigenvalue weighted by molar-refractivity contribution is -0.127. The molecule has 0 saturated carbocycles. The minimum atomic E-state index is -4.22. The van der Waals surface area contributed by atoms with Crippen LogP contribution in [0.15, 0.2) is 41.1 Å². The van der Waals surface area contributed by atoms with E-state index in [0.717, 1.165) is 4.47 Å². The van der Waals surface area contributed by atoms with Crippen LogP contribution in [0.25, 0.3) is 0 Å². The average Bonchev–Trinajstić information content (AvgIpc) is 2.30. The van der Waals surface area contributed by atoms with Gasteiger partial charge in [-0.3, -0.25) is 0 Å². The van der Waals surface area contributed by atoms with Gasteiger partial charge in [-0.1, -0.05) is 12.1 Å². The van der Waals surface area contributed by atoms with Gasteiger partial charge in [0.1, 0.15) is 0 Å². The molecule has 1 N–H and O–H groups in total. The summed E-state index contributed by atoms with van der Waals surface area (Å²) in [5.74, 6) is 0.326. The highest BCUT2D eigenvalue weighted by Crippen LogP contribution is 2.23. The fourth-order valence-electron chi connectivity index (χ4n) is 1.50. The molecule has 3 nitrogen and oxygen atoms in total. The summed E-state index contributed by atoms with van der Waals surface area (Å²) in [7, 11) is 0. The number of aromatic nitrogens is 2. The first-order chi connectivity index (χ1) is 8.92. The van der Waals surface area contributed by atoms with Crippen LogP contribution in [0, 0.1) is 0 Å². The first kappa shape index (κ1) is 13.8. The maximum Gasteiger partial charge on any atom is 0.393 e. The maximum absolute atomic E-state index is 12.3. The second-order valence-electron chi connectivity index (χ2n) is 3.84. The van der Waals surface area contributed by atoms with Crippen molar-refractivity contribution in [2.45, 2.75) is 12.6 Å². The van der Waals surface area contributed by atoms with Crippen molar-refractivity contribution in [3.8, 4) is 0 Å². The van der Waals surface area contributed by atoms with Gasteiger partial charge in [0.15, 0.2) is 0 Å². The second kappa shape index (κ2) is 5.56. The number of nitrogens with one attached hydrogen (secondary N) is 1. The summed E-state index contributed by atoms with van der Waals surface area (Å²) in [5.41, 5.74) is 0.707. The molecule has 0 saturated heterocycles. The molecule has 1 heterocycles. The summed E-state index contributed by atoms with van der Waals surface area (Å²) < 4.78 is 37.6. The average molecular weight is 332 g/mol. The Morgan fingerprint density at radius 2 is 1.84 bits per heavy atom. The van der Waals surface area contributed by atoms with E-state index < -0.39 is 12.6 Å². The number of nitrogens with zero attached hydrogens (tertiary/aromatic N) is 2. The minimum Gasteiger partial charge on any atom is -0.324 e. The van der Waals surface area contributed by atoms with Crippen molar-refractivity contribution in [2.24, 2.45) is 0 Å². The molecule has 0 amide bonds. The molecular weight excluding hydrogens is 323 g/mol. The van der Waals surface area contributed by atoms with E-state index in [1.165, 1.54) is 12.1 Å². The van der Waals surface area contributed by atoms with E-state index in [2.05, 4.69) is 31.2 Å². The predicted octanol–water partition coefficient (Wildman–Crippen LogP) is 4.09. The molecular formula is C12H9BrF3N3. The van der Waals surface area contributed by atoms with Crippen LogP contribution in [0.2, 0.25) is 0 Å². The number of hydrogen-bond donors (Lipinski definition) is 1. The fraction of sp³-hybridized carbons (Fsp3) is 0.167. The minimum absolute atomic E-state index is 0.189. The normalized spacial score (nSPS) is 11.4. The van der Waals surface area contributed by atoms with Crippen LogP contribution >= 0.6 is 15.9 Å². The third-order valence-electron chi connectivity index (χ3n) is 2.21. The number of hydrogen-bond acceptors (Lipinski definition) is 3. The number of anilines is 2. The number of alkyl halides is 3. The highest BCUT2D eigenvalue weighted by atomic mass is 79.9. The van der Waals surface area contributed by atoms with Crippen LogP contribution in [-0.2, 0) is 6.42 Å². The number of rotatable bonds is 3. The van der Waals surface area contributed by atoms with Crippen molar-refractivity contribution < 1.29 is 13.2 Å². The molecule has 0 spiro atoms. The van der Waals surface area contributed by atoms with Gasteiger partial charge in [0, 0.05) is 18.1 Å². The molecule has 0 aliphatic rings. The van der Waals surface area contributed by atoms with Crippen LogP contribution in [0.5, 0.6) is 0 Å². The molecule has 2 rings (SSSR count). The molecule has 1 aromatic heterocycles. The van der Waals surface area contributed by atoms with Gasteiger partial charge in [-0.15, -0.1) is 0 Å². The molecule has 2 aromatic rings. The Bertz CT molecular complexity index is 555. The van der Waals surface area contributed by atoms with Crippen LogP contribution in [0.1, 0.15) is 5.56 Å². The van der Waals surface area contributed by atoms with Crippen LogP contribution in [-0.4, -0.2) is 16.1 Å². The molecule has 1 aromatic carbocycles. The van der Waals surface area contributed by atoms with Crippen molar-refractivity contribution in [3.05, 3.63) is 46.7 Å². The lowest BCUT2D eigenvalue weighted by Crippen LogP contribution is -2.11. The van der Waals surface area contributed by atoms with Crippen molar-refractivity contribution >= 4 is 27.6 Å². The van der Waals surface area contributed by atoms with Crippen LogP contribution < -0.4 is 5.32 Å². The molecule has 100 valence electrons. The molecule has 0 bridgehead atoms. The van der Waals surface area contributed by atoms with E-state index >= 15 is 0 Å². The Labute approximate surface area is 116 Å². The van der Waals surface area contributed by atoms with E-state index in [1.54, 1.807) is 24.5 Å². The van der Waals surface area contributed by atoms with Gasteiger partial charge in [-0.05, 0) is 33.6 Å². The summed E-state index contributed by atoms with van der Waals surface area (Å²) >= 11 is 3.20. The van der Waals surface area contributed by atoms with Gasteiger partial charge in [-0.25, -0.2) is 9.97 Å². The summed E-state index contributed by atoms with van der Waals surface area (Å²) in [6.07, 6.45) is -2.07. The fourth-order valence-corrected chi connectivity index (χ4v) is 1.70. The molecule has 0 atom stereocenters. The van der Waals surface area contributed by atoms with Gasteiger partial charge in [0.2, 0.25) is 5.95 Å². The van der Waals surface area contributed by atoms with E-state index in [1.807, 2.05) is 0 Å². The van der Waals surface area contributed by atoms with E-state index in [9.17, 15) is 13.2 Å². The van der Waals surface area contributed by atoms with Crippen molar-refractivity contribution in [3.63, 3.8) is 0 Å². The zero-order chi connectivity index (χ0) is 13.9. The van der Waals surface area contributed by atoms with Crippen molar-refractivity contribution in [2.75, 3.05) is 5.32 Å². The Hall–Kier alpha value is -1.63. The van der Waals surface area contributed by atoms with Crippen molar-refractivity contribution in [1.29, 1.82) is 0 Å². The predicted molar refractivity (Wildman–Crippen MR) is 69.2 cm³/mol. The highest BCUT2D eigenvalue weighted by Gasteiger charge is 2.27. The third kappa shape index (κ3) is 4.51. The summed E-state index contributed by atoms with van der Waals surface area (Å²) in [6.45, 7) is 0. The third-order valence-corrected chi connectivity index (χ3v) is 2.62. The SMILES string of the molecule is FC(F)(F)Cc1cccc(Nc2ncc(Br)cn2)c1. The molecule has 0 fully saturated rings. The Morgan fingerprint density at radius 1 is 1.16 bits per heavy atom. The van der Waals surface area contributed by atoms with Crippen molar-refractivity contribution in [1.82, 2.24) is 9.97 Å². The lowest BCUT2D eigenvalue weighted by atomic mass is 10.1. The smallest absolute Gasteiger partial charge is 0.324 e. The monoisotopic (exact) mass is 331 g/mol. The quantitative estimate of drug-likeness (QED) is 0.920. The van der Waals surface area contributed by atoms with Crippen LogP contribution in [0.3, 0.4) is 0 Å². The van der Waals surface area contributed by atoms with Gasteiger partial charge >= 0.3 is 6.18 Å². The Kier molecular flexibility index (Phi) is 4.04. The largest absolute Gasteiger partial charge is 0.393 e. The second-order valence-corrected chi connectivity index (χ2v) is 4.76. The van der Waals surface area contributed by atoms with Gasteiger partial charge in [-0.2, -0.15) is 13.2 Å². The number of benzene rings is 1. The van der Waals surface area contributed by atoms with Gasteiger partial charge in [0.05, 0.1) is 10.9 Å². The molecule has 0 radical (unpaired) electrons. The summed E-state index contributed by atoms with van der Waals surface area (Å²) in [6, 6.07) is 6.08. The highest BCUT2D eigenvalue weighted by molar-refractivity contribution is 9.10. The Morgan fingerprint density at radius 3 is 2.47 bits per heavy atom. The van der Waals surface area contributed by atoms with Gasteiger partial charge in [0.25, 0.3) is 0 Å². The van der Waals surface area contributed by atoms with Crippen LogP contribution in [0.4, 0.5) is 24.8 Å². The molecule has 19 heavy (non-hydrogen) atoms. The van der Waals surface area contributed by atoms with E-state index in [-0.39, 0.29) is 5.56 Å². The maximum atomic E-state index is 12.3. The lowest BCUT2D eigenvalue weighted by Gasteiger charge is -2.09. The van der Waals surface area contributed by atoms with E-state index in [4.69, 9.17) is 0 Å². The zero-order valence-corrected chi connectivity index (χ0v) is 11.2. The molecule has 7 heteroatoms. The molecule has 0 aliphatic carbocycles. The molecule has 0 aliphatic heterocycles. The first-order valence-electron chi connectivity index (χ1n) is 5.33.